The van der Waals surface area contributed by atoms with Gasteiger partial charge in [0.1, 0.15) is 5.01 Å². The van der Waals surface area contributed by atoms with E-state index < -0.39 is 10.0 Å². The molecule has 0 saturated heterocycles. The number of hydrogen-bond acceptors (Lipinski definition) is 5. The van der Waals surface area contributed by atoms with Crippen molar-refractivity contribution < 1.29 is 8.42 Å². The van der Waals surface area contributed by atoms with Crippen LogP contribution in [0.25, 0.3) is 0 Å². The summed E-state index contributed by atoms with van der Waals surface area (Å²) in [6.07, 6.45) is 0.741. The number of aliphatic imine (C=N–C) groups is 1. The average Bonchev–Trinajstić information content (AvgIpc) is 2.90. The number of hydrogen-bond donors (Lipinski definition) is 3. The molecule has 150 valence electrons. The third kappa shape index (κ3) is 7.72. The summed E-state index contributed by atoms with van der Waals surface area (Å²) in [7, 11) is -3.65. The van der Waals surface area contributed by atoms with Gasteiger partial charge in [0.15, 0.2) is 5.96 Å². The zero-order valence-electron chi connectivity index (χ0n) is 15.7. The molecule has 2 aromatic rings. The molecule has 0 aliphatic rings. The number of sulfonamides is 1. The van der Waals surface area contributed by atoms with Crippen LogP contribution in [0.15, 0.2) is 34.2 Å². The highest BCUT2D eigenvalue weighted by molar-refractivity contribution is 14.0. The largest absolute Gasteiger partial charge is 0.357 e. The molecule has 0 atom stereocenters. The second-order valence-corrected chi connectivity index (χ2v) is 8.66. The van der Waals surface area contributed by atoms with Crippen molar-refractivity contribution in [2.45, 2.75) is 38.6 Å². The Bertz CT molecular complexity index is 844. The van der Waals surface area contributed by atoms with E-state index in [4.69, 9.17) is 5.14 Å². The van der Waals surface area contributed by atoms with Crippen molar-refractivity contribution in [1.82, 2.24) is 15.6 Å². The number of aromatic nitrogens is 1. The second-order valence-electron chi connectivity index (χ2n) is 5.81. The second kappa shape index (κ2) is 10.9. The van der Waals surface area contributed by atoms with Crippen molar-refractivity contribution in [3.63, 3.8) is 0 Å². The summed E-state index contributed by atoms with van der Waals surface area (Å²) in [6.45, 7) is 8.06. The van der Waals surface area contributed by atoms with E-state index in [1.54, 1.807) is 23.5 Å². The van der Waals surface area contributed by atoms with Crippen molar-refractivity contribution in [2.24, 2.45) is 10.1 Å². The highest BCUT2D eigenvalue weighted by atomic mass is 127. The number of nitrogens with zero attached hydrogens (tertiary/aromatic N) is 2. The minimum absolute atomic E-state index is 0. The summed E-state index contributed by atoms with van der Waals surface area (Å²) in [5.41, 5.74) is 2.08. The zero-order valence-corrected chi connectivity index (χ0v) is 19.6. The lowest BCUT2D eigenvalue weighted by molar-refractivity contribution is 0.598. The molecule has 4 N–H and O–H groups in total. The molecule has 10 heteroatoms. The Balaban J connectivity index is 0.00000364. The SMILES string of the molecule is CCNC(=NCc1nc(C)c(C)s1)NCCc1ccc(S(N)(=O)=O)cc1.I. The molecule has 1 aromatic carbocycles. The van der Waals surface area contributed by atoms with Gasteiger partial charge in [-0.05, 0) is 44.9 Å². The van der Waals surface area contributed by atoms with E-state index >= 15 is 0 Å². The summed E-state index contributed by atoms with van der Waals surface area (Å²) in [5.74, 6) is 0.735. The topological polar surface area (TPSA) is 109 Å². The molecular formula is C17H26IN5O2S2. The summed E-state index contributed by atoms with van der Waals surface area (Å²) < 4.78 is 22.5. The lowest BCUT2D eigenvalue weighted by Crippen LogP contribution is -2.38. The van der Waals surface area contributed by atoms with Crippen LogP contribution in [0.1, 0.15) is 28.1 Å². The maximum atomic E-state index is 11.3. The van der Waals surface area contributed by atoms with E-state index in [1.165, 1.54) is 17.0 Å². The van der Waals surface area contributed by atoms with Gasteiger partial charge in [-0.15, -0.1) is 35.3 Å². The van der Waals surface area contributed by atoms with Gasteiger partial charge in [-0.3, -0.25) is 0 Å². The van der Waals surface area contributed by atoms with Crippen LogP contribution in [0, 0.1) is 13.8 Å². The predicted octanol–water partition coefficient (Wildman–Crippen LogP) is 2.32. The van der Waals surface area contributed by atoms with E-state index in [2.05, 4.69) is 27.5 Å². The van der Waals surface area contributed by atoms with Crippen LogP contribution in [-0.4, -0.2) is 32.5 Å². The first-order chi connectivity index (χ1) is 12.3. The Morgan fingerprint density at radius 3 is 2.41 bits per heavy atom. The molecule has 0 aliphatic carbocycles. The maximum absolute atomic E-state index is 11.3. The number of thiazole rings is 1. The maximum Gasteiger partial charge on any atom is 0.238 e. The molecule has 0 unspecified atom stereocenters. The van der Waals surface area contributed by atoms with Crippen molar-refractivity contribution in [3.8, 4) is 0 Å². The first-order valence-electron chi connectivity index (χ1n) is 8.36. The van der Waals surface area contributed by atoms with Crippen molar-refractivity contribution >= 4 is 51.3 Å². The van der Waals surface area contributed by atoms with Gasteiger partial charge in [0.05, 0.1) is 17.1 Å². The van der Waals surface area contributed by atoms with E-state index in [0.29, 0.717) is 13.1 Å². The molecule has 2 rings (SSSR count). The number of nitrogens with two attached hydrogens (primary N) is 1. The highest BCUT2D eigenvalue weighted by Gasteiger charge is 2.07. The highest BCUT2D eigenvalue weighted by Crippen LogP contribution is 2.16. The number of primary sulfonamides is 1. The molecule has 0 spiro atoms. The molecule has 0 fully saturated rings. The quantitative estimate of drug-likeness (QED) is 0.293. The van der Waals surface area contributed by atoms with Gasteiger partial charge in [-0.2, -0.15) is 0 Å². The number of nitrogens with one attached hydrogen (secondary N) is 2. The van der Waals surface area contributed by atoms with E-state index in [1.807, 2.05) is 13.8 Å². The van der Waals surface area contributed by atoms with Crippen LogP contribution in [0.4, 0.5) is 0 Å². The van der Waals surface area contributed by atoms with E-state index in [-0.39, 0.29) is 28.9 Å². The number of benzene rings is 1. The van der Waals surface area contributed by atoms with E-state index in [0.717, 1.165) is 35.2 Å². The third-order valence-electron chi connectivity index (χ3n) is 3.75. The Morgan fingerprint density at radius 2 is 1.89 bits per heavy atom. The molecule has 0 radical (unpaired) electrons. The van der Waals surface area contributed by atoms with Gasteiger partial charge in [0.2, 0.25) is 10.0 Å². The molecular weight excluding hydrogens is 497 g/mol. The minimum atomic E-state index is -3.65. The predicted molar refractivity (Wildman–Crippen MR) is 121 cm³/mol. The van der Waals surface area contributed by atoms with Gasteiger partial charge in [0.25, 0.3) is 0 Å². The van der Waals surface area contributed by atoms with Crippen LogP contribution in [0.3, 0.4) is 0 Å². The van der Waals surface area contributed by atoms with Gasteiger partial charge in [-0.25, -0.2) is 23.5 Å². The number of aryl methyl sites for hydroxylation is 2. The Labute approximate surface area is 182 Å². The van der Waals surface area contributed by atoms with Crippen molar-refractivity contribution in [3.05, 3.63) is 45.4 Å². The van der Waals surface area contributed by atoms with Crippen LogP contribution < -0.4 is 15.8 Å². The first-order valence-corrected chi connectivity index (χ1v) is 10.7. The summed E-state index contributed by atoms with van der Waals surface area (Å²) in [6, 6.07) is 6.59. The molecule has 27 heavy (non-hydrogen) atoms. The van der Waals surface area contributed by atoms with Crippen LogP contribution >= 0.6 is 35.3 Å². The lowest BCUT2D eigenvalue weighted by atomic mass is 10.1. The van der Waals surface area contributed by atoms with Gasteiger partial charge in [0, 0.05) is 18.0 Å². The molecule has 1 heterocycles. The fourth-order valence-corrected chi connectivity index (χ4v) is 3.64. The van der Waals surface area contributed by atoms with Crippen LogP contribution in [0.5, 0.6) is 0 Å². The van der Waals surface area contributed by atoms with Crippen molar-refractivity contribution in [1.29, 1.82) is 0 Å². The average molecular weight is 523 g/mol. The standard InChI is InChI=1S/C17H25N5O2S2.HI/c1-4-19-17(21-11-16-22-12(2)13(3)25-16)20-10-9-14-5-7-15(8-6-14)26(18,23)24;/h5-8H,4,9-11H2,1-3H3,(H2,18,23,24)(H2,19,20,21);1H. The molecule has 0 bridgehead atoms. The van der Waals surface area contributed by atoms with Gasteiger partial charge < -0.3 is 10.6 Å². The third-order valence-corrected chi connectivity index (χ3v) is 5.73. The summed E-state index contributed by atoms with van der Waals surface area (Å²) in [4.78, 5) is 10.4. The molecule has 0 saturated carbocycles. The van der Waals surface area contributed by atoms with Crippen LogP contribution in [-0.2, 0) is 23.0 Å². The lowest BCUT2D eigenvalue weighted by Gasteiger charge is -2.11. The molecule has 1 aromatic heterocycles. The molecule has 0 aliphatic heterocycles. The van der Waals surface area contributed by atoms with Crippen molar-refractivity contribution in [2.75, 3.05) is 13.1 Å². The number of halogens is 1. The number of rotatable bonds is 7. The van der Waals surface area contributed by atoms with Crippen LogP contribution in [0.2, 0.25) is 0 Å². The monoisotopic (exact) mass is 523 g/mol. The Morgan fingerprint density at radius 1 is 1.22 bits per heavy atom. The molecule has 7 nitrogen and oxygen atoms in total. The number of guanidine groups is 1. The summed E-state index contributed by atoms with van der Waals surface area (Å²) in [5, 5.41) is 12.6. The Kier molecular flexibility index (Phi) is 9.63. The minimum Gasteiger partial charge on any atom is -0.357 e. The first kappa shape index (κ1) is 23.8. The van der Waals surface area contributed by atoms with Gasteiger partial charge >= 0.3 is 0 Å². The smallest absolute Gasteiger partial charge is 0.238 e. The fraction of sp³-hybridized carbons (Fsp3) is 0.412. The summed E-state index contributed by atoms with van der Waals surface area (Å²) >= 11 is 1.67. The zero-order chi connectivity index (χ0) is 19.2. The Hall–Kier alpha value is -1.24. The van der Waals surface area contributed by atoms with E-state index in [9.17, 15) is 8.42 Å². The normalized spacial score (nSPS) is 11.8. The van der Waals surface area contributed by atoms with Gasteiger partial charge in [-0.1, -0.05) is 12.1 Å². The fourth-order valence-electron chi connectivity index (χ4n) is 2.27. The molecule has 0 amide bonds.